The summed E-state index contributed by atoms with van der Waals surface area (Å²) >= 11 is 1.43. The molecule has 0 bridgehead atoms. The van der Waals surface area contributed by atoms with Gasteiger partial charge in [-0.1, -0.05) is 0 Å². The number of nitrogens with zero attached hydrogens (tertiary/aromatic N) is 4. The molecule has 3 aromatic rings. The fourth-order valence-corrected chi connectivity index (χ4v) is 6.52. The van der Waals surface area contributed by atoms with Gasteiger partial charge in [-0.05, 0) is 38.2 Å². The molecule has 3 heterocycles. The van der Waals surface area contributed by atoms with Crippen molar-refractivity contribution in [2.45, 2.75) is 75.5 Å². The lowest BCUT2D eigenvalue weighted by Crippen LogP contribution is -2.39. The van der Waals surface area contributed by atoms with Crippen molar-refractivity contribution in [1.82, 2.24) is 19.9 Å². The molecule has 3 aromatic heterocycles. The molecule has 4 atom stereocenters. The van der Waals surface area contributed by atoms with E-state index in [1.54, 1.807) is 13.1 Å². The van der Waals surface area contributed by atoms with Gasteiger partial charge in [0, 0.05) is 31.5 Å². The Morgan fingerprint density at radius 3 is 2.55 bits per heavy atom. The van der Waals surface area contributed by atoms with Gasteiger partial charge in [0.15, 0.2) is 0 Å². The fraction of sp³-hybridized carbons (Fsp3) is 0.600. The number of anilines is 2. The van der Waals surface area contributed by atoms with Crippen LogP contribution in [0.4, 0.5) is 29.3 Å². The van der Waals surface area contributed by atoms with E-state index >= 15 is 0 Å². The van der Waals surface area contributed by atoms with Crippen LogP contribution >= 0.6 is 11.3 Å². The zero-order chi connectivity index (χ0) is 26.8. The topological polar surface area (TPSA) is 116 Å². The highest BCUT2D eigenvalue weighted by atomic mass is 32.1. The van der Waals surface area contributed by atoms with Crippen molar-refractivity contribution in [3.8, 4) is 10.6 Å². The first kappa shape index (κ1) is 25.6. The number of aromatic nitrogens is 4. The number of halogens is 4. The molecule has 0 aromatic carbocycles. The van der Waals surface area contributed by atoms with E-state index in [1.807, 2.05) is 6.07 Å². The molecule has 0 amide bonds. The molecule has 3 aliphatic rings. The van der Waals surface area contributed by atoms with Gasteiger partial charge in [-0.15, -0.1) is 11.3 Å². The van der Waals surface area contributed by atoms with Crippen molar-refractivity contribution >= 4 is 33.3 Å². The molecule has 38 heavy (non-hydrogen) atoms. The molecule has 3 aliphatic carbocycles. The normalized spacial score (nSPS) is 27.2. The lowest BCUT2D eigenvalue weighted by atomic mass is 9.81. The van der Waals surface area contributed by atoms with Gasteiger partial charge >= 0.3 is 0 Å². The number of pyridine rings is 1. The number of aliphatic hydroxyl groups is 2. The Bertz CT molecular complexity index is 1340. The number of hydrogen-bond acceptors (Lipinski definition) is 9. The maximum absolute atomic E-state index is 13.4. The van der Waals surface area contributed by atoms with Crippen molar-refractivity contribution in [1.29, 1.82) is 0 Å². The smallest absolute Gasteiger partial charge is 0.248 e. The summed E-state index contributed by atoms with van der Waals surface area (Å²) in [4.78, 5) is 18.5. The maximum atomic E-state index is 13.4. The van der Waals surface area contributed by atoms with E-state index in [1.165, 1.54) is 11.3 Å². The minimum Gasteiger partial charge on any atom is -0.390 e. The van der Waals surface area contributed by atoms with E-state index in [-0.39, 0.29) is 43.5 Å². The van der Waals surface area contributed by atoms with Crippen LogP contribution in [0.5, 0.6) is 0 Å². The number of fused-ring (bicyclic) bond motifs is 1. The zero-order valence-corrected chi connectivity index (χ0v) is 21.4. The molecule has 0 radical (unpaired) electrons. The number of hydrogen-bond donors (Lipinski definition) is 4. The number of alkyl halides is 4. The second-order valence-electron chi connectivity index (χ2n) is 10.7. The third-order valence-corrected chi connectivity index (χ3v) is 8.74. The van der Waals surface area contributed by atoms with E-state index in [0.717, 1.165) is 28.8 Å². The van der Waals surface area contributed by atoms with Crippen LogP contribution in [0.1, 0.15) is 49.4 Å². The molecule has 0 spiro atoms. The second-order valence-corrected chi connectivity index (χ2v) is 11.7. The Morgan fingerprint density at radius 1 is 1.13 bits per heavy atom. The number of aliphatic hydroxyl groups excluding tert-OH is 2. The summed E-state index contributed by atoms with van der Waals surface area (Å²) in [7, 11) is 0. The highest BCUT2D eigenvalue weighted by Gasteiger charge is 2.47. The molecule has 6 rings (SSSR count). The minimum atomic E-state index is -2.78. The predicted octanol–water partition coefficient (Wildman–Crippen LogP) is 4.58. The summed E-state index contributed by atoms with van der Waals surface area (Å²) < 4.78 is 54.4. The van der Waals surface area contributed by atoms with Crippen LogP contribution in [0.15, 0.2) is 12.3 Å². The van der Waals surface area contributed by atoms with Gasteiger partial charge in [0.05, 0.1) is 39.7 Å². The first-order valence-electron chi connectivity index (χ1n) is 12.8. The average Bonchev–Trinajstić information content (AvgIpc) is 3.53. The van der Waals surface area contributed by atoms with Gasteiger partial charge in [0.2, 0.25) is 18.3 Å². The lowest BCUT2D eigenvalue weighted by Gasteiger charge is -2.34. The fourth-order valence-electron chi connectivity index (χ4n) is 5.45. The minimum absolute atomic E-state index is 0.155. The largest absolute Gasteiger partial charge is 0.390 e. The van der Waals surface area contributed by atoms with Crippen LogP contribution in [0.25, 0.3) is 20.8 Å². The summed E-state index contributed by atoms with van der Waals surface area (Å²) in [5.41, 5.74) is 2.85. The number of thiazole rings is 1. The zero-order valence-electron chi connectivity index (χ0n) is 20.5. The van der Waals surface area contributed by atoms with Gasteiger partial charge in [-0.3, -0.25) is 4.98 Å². The molecule has 3 fully saturated rings. The first-order chi connectivity index (χ1) is 18.1. The third-order valence-electron chi connectivity index (χ3n) is 7.70. The van der Waals surface area contributed by atoms with Crippen molar-refractivity contribution in [3.63, 3.8) is 0 Å². The Morgan fingerprint density at radius 2 is 1.89 bits per heavy atom. The molecule has 0 unspecified atom stereocenters. The van der Waals surface area contributed by atoms with E-state index < -0.39 is 36.5 Å². The average molecular weight is 553 g/mol. The maximum Gasteiger partial charge on any atom is 0.248 e. The monoisotopic (exact) mass is 552 g/mol. The molecule has 0 saturated heterocycles. The number of nitrogens with one attached hydrogen (secondary N) is 2. The quantitative estimate of drug-likeness (QED) is 0.300. The summed E-state index contributed by atoms with van der Waals surface area (Å²) in [6, 6.07) is 1.01. The van der Waals surface area contributed by atoms with E-state index in [9.17, 15) is 27.8 Å². The first-order valence-corrected chi connectivity index (χ1v) is 13.6. The van der Waals surface area contributed by atoms with Crippen LogP contribution < -0.4 is 10.6 Å². The van der Waals surface area contributed by atoms with E-state index in [4.69, 9.17) is 4.98 Å². The van der Waals surface area contributed by atoms with Gasteiger partial charge in [0.25, 0.3) is 0 Å². The summed E-state index contributed by atoms with van der Waals surface area (Å²) in [5, 5.41) is 27.4. The van der Waals surface area contributed by atoms with Gasteiger partial charge in [-0.2, -0.15) is 4.98 Å². The summed E-state index contributed by atoms with van der Waals surface area (Å²) in [6.07, 6.45) is -2.45. The highest BCUT2D eigenvalue weighted by Crippen LogP contribution is 2.45. The van der Waals surface area contributed by atoms with Crippen molar-refractivity contribution in [2.24, 2.45) is 11.8 Å². The van der Waals surface area contributed by atoms with Gasteiger partial charge < -0.3 is 20.8 Å². The molecule has 8 nitrogen and oxygen atoms in total. The van der Waals surface area contributed by atoms with E-state index in [0.29, 0.717) is 22.2 Å². The number of rotatable bonds is 8. The summed E-state index contributed by atoms with van der Waals surface area (Å²) in [6.45, 7) is 2.03. The SMILES string of the molecule is Cc1nc(NCC2CC(F)(F)C2)nc(N[C@@H]2C[C@H](C(F)F)[C@@H](O)[C@H]2O)c1-c1nc2c(C3CC3)nccc2s1. The van der Waals surface area contributed by atoms with Crippen LogP contribution in [0.2, 0.25) is 0 Å². The lowest BCUT2D eigenvalue weighted by molar-refractivity contribution is -0.106. The molecule has 204 valence electrons. The Hall–Kier alpha value is -2.64. The third kappa shape index (κ3) is 4.79. The summed E-state index contributed by atoms with van der Waals surface area (Å²) in [5.74, 6) is -3.37. The molecule has 3 saturated carbocycles. The Kier molecular flexibility index (Phi) is 6.42. The Labute approximate surface area is 219 Å². The van der Waals surface area contributed by atoms with Crippen molar-refractivity contribution < 1.29 is 27.8 Å². The molecular weight excluding hydrogens is 524 g/mol. The van der Waals surface area contributed by atoms with Crippen molar-refractivity contribution in [2.75, 3.05) is 17.2 Å². The van der Waals surface area contributed by atoms with E-state index in [2.05, 4.69) is 25.6 Å². The van der Waals surface area contributed by atoms with Gasteiger partial charge in [-0.25, -0.2) is 27.5 Å². The van der Waals surface area contributed by atoms with Crippen LogP contribution in [-0.4, -0.2) is 67.3 Å². The predicted molar refractivity (Wildman–Crippen MR) is 135 cm³/mol. The van der Waals surface area contributed by atoms with Crippen LogP contribution in [0, 0.1) is 18.8 Å². The molecule has 4 N–H and O–H groups in total. The van der Waals surface area contributed by atoms with Gasteiger partial charge in [0.1, 0.15) is 22.4 Å². The number of aryl methyl sites for hydroxylation is 1. The van der Waals surface area contributed by atoms with Crippen LogP contribution in [0.3, 0.4) is 0 Å². The van der Waals surface area contributed by atoms with Crippen molar-refractivity contribution in [3.05, 3.63) is 23.7 Å². The molecule has 13 heteroatoms. The second kappa shape index (κ2) is 9.53. The standard InChI is InChI=1S/C25H28F4N6O2S/c1-10-16(23-34-18-15(38-23)4-5-30-17(18)12-2-3-12)22(33-14-6-13(21(26)27)19(36)20(14)37)35-24(32-10)31-9-11-7-25(28,29)8-11/h4-5,11-14,19-21,36-37H,2-3,6-9H2,1H3,(H2,31,32,33,35)/t13-,14+,19+,20-/m0/s1. The highest BCUT2D eigenvalue weighted by molar-refractivity contribution is 7.21. The van der Waals surface area contributed by atoms with Crippen LogP contribution in [-0.2, 0) is 0 Å². The molecule has 0 aliphatic heterocycles. The Balaban J connectivity index is 1.35. The molecular formula is C25H28F4N6O2S.